The van der Waals surface area contributed by atoms with Crippen LogP contribution in [0.1, 0.15) is 36.1 Å². The topological polar surface area (TPSA) is 80.0 Å². The van der Waals surface area contributed by atoms with Crippen LogP contribution in [0.3, 0.4) is 0 Å². The number of carbonyl (C=O) groups is 2. The van der Waals surface area contributed by atoms with Crippen LogP contribution >= 0.6 is 0 Å². The Morgan fingerprint density at radius 2 is 1.93 bits per heavy atom. The number of piperidine rings is 1. The van der Waals surface area contributed by atoms with Crippen molar-refractivity contribution in [1.82, 2.24) is 4.90 Å². The van der Waals surface area contributed by atoms with E-state index in [0.717, 1.165) is 16.5 Å². The molecule has 1 aliphatic rings. The monoisotopic (exact) mass is 393 g/mol. The number of nitrogens with zero attached hydrogens (tertiary/aromatic N) is 1. The summed E-state index contributed by atoms with van der Waals surface area (Å²) in [5, 5.41) is 11.6. The average Bonchev–Trinajstić information content (AvgIpc) is 3.20. The molecule has 0 saturated carbocycles. The fourth-order valence-electron chi connectivity index (χ4n) is 3.88. The molecule has 3 aromatic rings. The summed E-state index contributed by atoms with van der Waals surface area (Å²) in [4.78, 5) is 25.8. The summed E-state index contributed by atoms with van der Waals surface area (Å²) >= 11 is 0. The molecule has 2 aromatic carbocycles. The second-order valence-corrected chi connectivity index (χ2v) is 7.39. The predicted octanol–water partition coefficient (Wildman–Crippen LogP) is 4.34. The van der Waals surface area contributed by atoms with E-state index in [1.54, 1.807) is 24.0 Å². The Hall–Kier alpha value is -3.28. The molecule has 0 bridgehead atoms. The van der Waals surface area contributed by atoms with Crippen molar-refractivity contribution in [1.29, 1.82) is 0 Å². The number of benzene rings is 2. The fourth-order valence-corrected chi connectivity index (χ4v) is 3.88. The van der Waals surface area contributed by atoms with Gasteiger partial charge in [-0.3, -0.25) is 9.59 Å². The maximum Gasteiger partial charge on any atom is 0.308 e. The molecule has 1 aliphatic heterocycles. The Labute approximate surface area is 168 Å². The third-order valence-corrected chi connectivity index (χ3v) is 5.54. The van der Waals surface area contributed by atoms with Crippen LogP contribution < -0.4 is 4.74 Å². The first-order chi connectivity index (χ1) is 14.0. The van der Waals surface area contributed by atoms with Crippen LogP contribution in [0, 0.1) is 5.92 Å². The molecular weight excluding hydrogens is 370 g/mol. The number of aliphatic carboxylic acids is 1. The van der Waals surface area contributed by atoms with E-state index in [4.69, 9.17) is 9.15 Å². The number of carboxylic acids is 1. The first-order valence-electron chi connectivity index (χ1n) is 9.77. The molecule has 6 heteroatoms. The minimum atomic E-state index is -0.862. The van der Waals surface area contributed by atoms with E-state index in [1.165, 1.54) is 0 Å². The van der Waals surface area contributed by atoms with Crippen molar-refractivity contribution in [3.8, 4) is 5.75 Å². The van der Waals surface area contributed by atoms with Gasteiger partial charge in [-0.1, -0.05) is 30.3 Å². The van der Waals surface area contributed by atoms with Crippen molar-refractivity contribution >= 4 is 22.6 Å². The van der Waals surface area contributed by atoms with E-state index in [2.05, 4.69) is 0 Å². The molecule has 1 saturated heterocycles. The van der Waals surface area contributed by atoms with Gasteiger partial charge in [-0.2, -0.15) is 0 Å². The number of furan rings is 1. The molecule has 0 radical (unpaired) electrons. The van der Waals surface area contributed by atoms with Crippen LogP contribution in [0.4, 0.5) is 0 Å². The number of carboxylic acid groups (broad SMARTS) is 1. The number of likely N-dealkylation sites (tertiary alicyclic amines) is 1. The molecule has 1 amide bonds. The van der Waals surface area contributed by atoms with E-state index >= 15 is 0 Å². The summed E-state index contributed by atoms with van der Waals surface area (Å²) in [6.07, 6.45) is 1.26. The van der Waals surface area contributed by atoms with Crippen molar-refractivity contribution in [2.45, 2.75) is 32.4 Å². The van der Waals surface area contributed by atoms with Crippen LogP contribution in [0.25, 0.3) is 10.8 Å². The summed E-state index contributed by atoms with van der Waals surface area (Å²) < 4.78 is 11.5. The number of ether oxygens (including phenoxy) is 1. The smallest absolute Gasteiger partial charge is 0.308 e. The Morgan fingerprint density at radius 3 is 2.72 bits per heavy atom. The lowest BCUT2D eigenvalue weighted by Crippen LogP contribution is -2.49. The highest BCUT2D eigenvalue weighted by atomic mass is 16.5. The Bertz CT molecular complexity index is 1040. The number of carbonyl (C=O) groups excluding carboxylic acids is 1. The van der Waals surface area contributed by atoms with Gasteiger partial charge in [0, 0.05) is 12.6 Å². The van der Waals surface area contributed by atoms with Gasteiger partial charge in [0.25, 0.3) is 5.91 Å². The maximum atomic E-state index is 12.8. The van der Waals surface area contributed by atoms with Gasteiger partial charge >= 0.3 is 5.97 Å². The highest BCUT2D eigenvalue weighted by molar-refractivity contribution is 5.92. The largest absolute Gasteiger partial charge is 0.486 e. The third kappa shape index (κ3) is 3.97. The standard InChI is InChI=1S/C23H23NO5/c1-15-20(23(26)27)7-4-12-24(15)22(25)21-11-10-19(29-21)14-28-18-9-8-16-5-2-3-6-17(16)13-18/h2-3,5-6,8-11,13,15,20H,4,7,12,14H2,1H3,(H,26,27)/t15-,20-/m1/s1. The molecule has 0 aliphatic carbocycles. The van der Waals surface area contributed by atoms with Gasteiger partial charge in [0.1, 0.15) is 18.1 Å². The average molecular weight is 393 g/mol. The molecule has 0 spiro atoms. The van der Waals surface area contributed by atoms with E-state index in [0.29, 0.717) is 25.1 Å². The van der Waals surface area contributed by atoms with Crippen molar-refractivity contribution in [3.05, 3.63) is 66.1 Å². The summed E-state index contributed by atoms with van der Waals surface area (Å²) in [6, 6.07) is 16.9. The molecular formula is C23H23NO5. The van der Waals surface area contributed by atoms with Crippen molar-refractivity contribution < 1.29 is 23.8 Å². The van der Waals surface area contributed by atoms with Crippen LogP contribution in [-0.2, 0) is 11.4 Å². The van der Waals surface area contributed by atoms with Gasteiger partial charge in [-0.25, -0.2) is 0 Å². The van der Waals surface area contributed by atoms with Crippen molar-refractivity contribution in [2.24, 2.45) is 5.92 Å². The summed E-state index contributed by atoms with van der Waals surface area (Å²) in [5.41, 5.74) is 0. The maximum absolute atomic E-state index is 12.8. The third-order valence-electron chi connectivity index (χ3n) is 5.54. The van der Waals surface area contributed by atoms with Gasteiger partial charge in [0.05, 0.1) is 5.92 Å². The zero-order chi connectivity index (χ0) is 20.4. The number of rotatable bonds is 5. The first-order valence-corrected chi connectivity index (χ1v) is 9.77. The van der Waals surface area contributed by atoms with Crippen LogP contribution in [0.5, 0.6) is 5.75 Å². The molecule has 2 heterocycles. The lowest BCUT2D eigenvalue weighted by Gasteiger charge is -2.36. The van der Waals surface area contributed by atoms with Crippen LogP contribution in [0.15, 0.2) is 59.0 Å². The van der Waals surface area contributed by atoms with E-state index in [1.807, 2.05) is 42.5 Å². The van der Waals surface area contributed by atoms with Gasteiger partial charge in [-0.15, -0.1) is 0 Å². The van der Waals surface area contributed by atoms with Crippen molar-refractivity contribution in [3.63, 3.8) is 0 Å². The zero-order valence-electron chi connectivity index (χ0n) is 16.2. The van der Waals surface area contributed by atoms with Gasteiger partial charge < -0.3 is 19.2 Å². The second kappa shape index (κ2) is 7.99. The molecule has 2 atom stereocenters. The highest BCUT2D eigenvalue weighted by Crippen LogP contribution is 2.26. The molecule has 6 nitrogen and oxygen atoms in total. The van der Waals surface area contributed by atoms with Crippen LogP contribution in [0.2, 0.25) is 0 Å². The number of amides is 1. The van der Waals surface area contributed by atoms with Gasteiger partial charge in [0.2, 0.25) is 0 Å². The minimum absolute atomic E-state index is 0.207. The Kier molecular flexibility index (Phi) is 5.25. The quantitative estimate of drug-likeness (QED) is 0.698. The summed E-state index contributed by atoms with van der Waals surface area (Å²) in [7, 11) is 0. The molecule has 4 rings (SSSR count). The molecule has 150 valence electrons. The fraction of sp³-hybridized carbons (Fsp3) is 0.304. The van der Waals surface area contributed by atoms with Gasteiger partial charge in [0.15, 0.2) is 5.76 Å². The molecule has 1 aromatic heterocycles. The normalized spacial score (nSPS) is 19.3. The number of hydrogen-bond donors (Lipinski definition) is 1. The second-order valence-electron chi connectivity index (χ2n) is 7.39. The lowest BCUT2D eigenvalue weighted by atomic mass is 9.90. The Balaban J connectivity index is 1.42. The highest BCUT2D eigenvalue weighted by Gasteiger charge is 2.36. The van der Waals surface area contributed by atoms with Crippen LogP contribution in [-0.4, -0.2) is 34.5 Å². The number of fused-ring (bicyclic) bond motifs is 1. The Morgan fingerprint density at radius 1 is 1.14 bits per heavy atom. The lowest BCUT2D eigenvalue weighted by molar-refractivity contribution is -0.145. The zero-order valence-corrected chi connectivity index (χ0v) is 16.2. The first kappa shape index (κ1) is 19.1. The van der Waals surface area contributed by atoms with E-state index < -0.39 is 11.9 Å². The SMILES string of the molecule is C[C@@H]1[C@H](C(=O)O)CCCN1C(=O)c1ccc(COc2ccc3ccccc3c2)o1. The molecule has 1 N–H and O–H groups in total. The minimum Gasteiger partial charge on any atom is -0.486 e. The predicted molar refractivity (Wildman–Crippen MR) is 108 cm³/mol. The summed E-state index contributed by atoms with van der Waals surface area (Å²) in [5.74, 6) is -0.208. The van der Waals surface area contributed by atoms with E-state index in [9.17, 15) is 14.7 Å². The van der Waals surface area contributed by atoms with Gasteiger partial charge in [-0.05, 0) is 54.8 Å². The molecule has 29 heavy (non-hydrogen) atoms. The van der Waals surface area contributed by atoms with Crippen molar-refractivity contribution in [2.75, 3.05) is 6.54 Å². The summed E-state index contributed by atoms with van der Waals surface area (Å²) in [6.45, 7) is 2.52. The number of hydrogen-bond acceptors (Lipinski definition) is 4. The molecule has 1 fully saturated rings. The van der Waals surface area contributed by atoms with E-state index in [-0.39, 0.29) is 24.3 Å². The molecule has 0 unspecified atom stereocenters.